The van der Waals surface area contributed by atoms with Crippen LogP contribution in [0.5, 0.6) is 0 Å². The van der Waals surface area contributed by atoms with E-state index in [2.05, 4.69) is 22.0 Å². The quantitative estimate of drug-likeness (QED) is 0.731. The number of ketones is 1. The highest BCUT2D eigenvalue weighted by Gasteiger charge is 2.17. The number of carbonyl (C=O) groups excluding carboxylic acids is 1. The number of carbonyl (C=O) groups is 1. The molecule has 0 spiro atoms. The first kappa shape index (κ1) is 14.8. The van der Waals surface area contributed by atoms with Crippen molar-refractivity contribution in [1.82, 2.24) is 0 Å². The third-order valence-electron chi connectivity index (χ3n) is 2.96. The topological polar surface area (TPSA) is 40.9 Å². The third kappa shape index (κ3) is 3.69. The number of rotatable bonds is 4. The standard InChI is InChI=1S/C16H11BrClNO/c17-14-3-1-2-12(8-14)13(10-19)9-16(20)11-4-6-15(18)7-5-11/h1-8,13H,9H2. The molecular formula is C16H11BrClNO. The molecule has 2 rings (SSSR count). The van der Waals surface area contributed by atoms with Gasteiger partial charge in [-0.15, -0.1) is 0 Å². The Balaban J connectivity index is 2.17. The van der Waals surface area contributed by atoms with Crippen molar-refractivity contribution in [2.24, 2.45) is 0 Å². The van der Waals surface area contributed by atoms with Gasteiger partial charge in [0.2, 0.25) is 0 Å². The Morgan fingerprint density at radius 2 is 1.95 bits per heavy atom. The minimum atomic E-state index is -0.448. The van der Waals surface area contributed by atoms with Crippen molar-refractivity contribution in [3.8, 4) is 6.07 Å². The minimum Gasteiger partial charge on any atom is -0.294 e. The molecule has 0 saturated heterocycles. The van der Waals surface area contributed by atoms with Crippen LogP contribution in [0.25, 0.3) is 0 Å². The monoisotopic (exact) mass is 347 g/mol. The Bertz CT molecular complexity index is 661. The van der Waals surface area contributed by atoms with Crippen LogP contribution in [-0.2, 0) is 0 Å². The predicted molar refractivity (Wildman–Crippen MR) is 82.9 cm³/mol. The van der Waals surface area contributed by atoms with Gasteiger partial charge in [-0.3, -0.25) is 4.79 Å². The molecule has 0 N–H and O–H groups in total. The predicted octanol–water partition coefficient (Wildman–Crippen LogP) is 4.98. The van der Waals surface area contributed by atoms with E-state index in [0.717, 1.165) is 10.0 Å². The van der Waals surface area contributed by atoms with Gasteiger partial charge >= 0.3 is 0 Å². The molecule has 0 radical (unpaired) electrons. The molecule has 0 saturated carbocycles. The van der Waals surface area contributed by atoms with Crippen molar-refractivity contribution in [3.05, 3.63) is 69.2 Å². The van der Waals surface area contributed by atoms with Crippen LogP contribution in [0.15, 0.2) is 53.0 Å². The van der Waals surface area contributed by atoms with E-state index in [9.17, 15) is 10.1 Å². The van der Waals surface area contributed by atoms with Crippen molar-refractivity contribution < 1.29 is 4.79 Å². The van der Waals surface area contributed by atoms with Crippen LogP contribution in [0.4, 0.5) is 0 Å². The lowest BCUT2D eigenvalue weighted by molar-refractivity contribution is 0.0979. The molecule has 0 bridgehead atoms. The maximum absolute atomic E-state index is 12.2. The largest absolute Gasteiger partial charge is 0.294 e. The molecule has 0 aromatic heterocycles. The molecule has 0 fully saturated rings. The molecule has 2 nitrogen and oxygen atoms in total. The van der Waals surface area contributed by atoms with Crippen LogP contribution in [0.3, 0.4) is 0 Å². The third-order valence-corrected chi connectivity index (χ3v) is 3.71. The number of hydrogen-bond donors (Lipinski definition) is 0. The van der Waals surface area contributed by atoms with E-state index >= 15 is 0 Å². The van der Waals surface area contributed by atoms with Crippen molar-refractivity contribution in [2.45, 2.75) is 12.3 Å². The maximum atomic E-state index is 12.2. The van der Waals surface area contributed by atoms with Gasteiger partial charge < -0.3 is 0 Å². The average Bonchev–Trinajstić information content (AvgIpc) is 2.45. The highest BCUT2D eigenvalue weighted by atomic mass is 79.9. The number of benzene rings is 2. The number of nitriles is 1. The fourth-order valence-electron chi connectivity index (χ4n) is 1.90. The second-order valence-corrected chi connectivity index (χ2v) is 5.72. The zero-order chi connectivity index (χ0) is 14.5. The van der Waals surface area contributed by atoms with Gasteiger partial charge in [0.05, 0.1) is 12.0 Å². The van der Waals surface area contributed by atoms with Crippen LogP contribution in [0.2, 0.25) is 5.02 Å². The minimum absolute atomic E-state index is 0.0619. The summed E-state index contributed by atoms with van der Waals surface area (Å²) in [5.41, 5.74) is 1.41. The summed E-state index contributed by atoms with van der Waals surface area (Å²) < 4.78 is 0.897. The summed E-state index contributed by atoms with van der Waals surface area (Å²) in [7, 11) is 0. The summed E-state index contributed by atoms with van der Waals surface area (Å²) in [4.78, 5) is 12.2. The first-order chi connectivity index (χ1) is 9.60. The van der Waals surface area contributed by atoms with Gasteiger partial charge in [0.1, 0.15) is 0 Å². The SMILES string of the molecule is N#CC(CC(=O)c1ccc(Cl)cc1)c1cccc(Br)c1. The van der Waals surface area contributed by atoms with Crippen LogP contribution >= 0.6 is 27.5 Å². The molecule has 0 aliphatic heterocycles. The van der Waals surface area contributed by atoms with Crippen molar-refractivity contribution in [3.63, 3.8) is 0 Å². The van der Waals surface area contributed by atoms with Gasteiger partial charge in [0.25, 0.3) is 0 Å². The number of Topliss-reactive ketones (excluding diaryl/α,β-unsaturated/α-hetero) is 1. The maximum Gasteiger partial charge on any atom is 0.164 e. The van der Waals surface area contributed by atoms with Gasteiger partial charge in [0.15, 0.2) is 5.78 Å². The van der Waals surface area contributed by atoms with E-state index in [1.165, 1.54) is 0 Å². The summed E-state index contributed by atoms with van der Waals surface area (Å²) in [6, 6.07) is 16.4. The molecule has 0 aliphatic rings. The summed E-state index contributed by atoms with van der Waals surface area (Å²) in [5, 5.41) is 9.86. The Hall–Kier alpha value is -1.63. The highest BCUT2D eigenvalue weighted by Crippen LogP contribution is 2.24. The summed E-state index contributed by atoms with van der Waals surface area (Å²) in [6.45, 7) is 0. The van der Waals surface area contributed by atoms with E-state index in [-0.39, 0.29) is 12.2 Å². The molecule has 0 amide bonds. The Kier molecular flexibility index (Phi) is 4.94. The highest BCUT2D eigenvalue weighted by molar-refractivity contribution is 9.10. The van der Waals surface area contributed by atoms with Crippen molar-refractivity contribution >= 4 is 33.3 Å². The van der Waals surface area contributed by atoms with Gasteiger partial charge in [-0.2, -0.15) is 5.26 Å². The Morgan fingerprint density at radius 1 is 1.25 bits per heavy atom. The molecule has 2 aromatic rings. The number of hydrogen-bond acceptors (Lipinski definition) is 2. The van der Waals surface area contributed by atoms with E-state index < -0.39 is 5.92 Å². The Morgan fingerprint density at radius 3 is 2.55 bits per heavy atom. The van der Waals surface area contributed by atoms with Crippen LogP contribution < -0.4 is 0 Å². The first-order valence-corrected chi connectivity index (χ1v) is 7.21. The van der Waals surface area contributed by atoms with Gasteiger partial charge in [-0.05, 0) is 42.0 Å². The second-order valence-electron chi connectivity index (χ2n) is 4.37. The lowest BCUT2D eigenvalue weighted by atomic mass is 9.93. The van der Waals surface area contributed by atoms with E-state index in [1.807, 2.05) is 24.3 Å². The van der Waals surface area contributed by atoms with Gasteiger partial charge in [0, 0.05) is 21.5 Å². The summed E-state index contributed by atoms with van der Waals surface area (Å²) in [5.74, 6) is -0.510. The first-order valence-electron chi connectivity index (χ1n) is 6.04. The molecule has 1 atom stereocenters. The van der Waals surface area contributed by atoms with Crippen LogP contribution in [-0.4, -0.2) is 5.78 Å². The molecular weight excluding hydrogens is 338 g/mol. The van der Waals surface area contributed by atoms with Crippen LogP contribution in [0, 0.1) is 11.3 Å². The zero-order valence-corrected chi connectivity index (χ0v) is 12.9. The smallest absolute Gasteiger partial charge is 0.164 e. The molecule has 4 heteroatoms. The molecule has 1 unspecified atom stereocenters. The molecule has 0 heterocycles. The molecule has 100 valence electrons. The lowest BCUT2D eigenvalue weighted by Crippen LogP contribution is -2.06. The summed E-state index contributed by atoms with van der Waals surface area (Å²) >= 11 is 9.16. The van der Waals surface area contributed by atoms with E-state index in [1.54, 1.807) is 24.3 Å². The van der Waals surface area contributed by atoms with Gasteiger partial charge in [-0.1, -0.05) is 39.7 Å². The number of halogens is 2. The van der Waals surface area contributed by atoms with E-state index in [0.29, 0.717) is 10.6 Å². The molecule has 20 heavy (non-hydrogen) atoms. The van der Waals surface area contributed by atoms with Crippen LogP contribution in [0.1, 0.15) is 28.3 Å². The van der Waals surface area contributed by atoms with E-state index in [4.69, 9.17) is 11.6 Å². The van der Waals surface area contributed by atoms with Gasteiger partial charge in [-0.25, -0.2) is 0 Å². The molecule has 2 aromatic carbocycles. The second kappa shape index (κ2) is 6.69. The lowest BCUT2D eigenvalue weighted by Gasteiger charge is -2.09. The zero-order valence-electron chi connectivity index (χ0n) is 10.5. The normalized spacial score (nSPS) is 11.7. The van der Waals surface area contributed by atoms with Crippen molar-refractivity contribution in [1.29, 1.82) is 5.26 Å². The molecule has 0 aliphatic carbocycles. The summed E-state index contributed by atoms with van der Waals surface area (Å²) in [6.07, 6.45) is 0.161. The fraction of sp³-hybridized carbons (Fsp3) is 0.125. The fourth-order valence-corrected chi connectivity index (χ4v) is 2.44. The van der Waals surface area contributed by atoms with Crippen molar-refractivity contribution in [2.75, 3.05) is 0 Å². The average molecular weight is 349 g/mol. The Labute approximate surface area is 131 Å². The number of nitrogens with zero attached hydrogens (tertiary/aromatic N) is 1.